The molecule has 0 aliphatic carbocycles. The second-order valence-electron chi connectivity index (χ2n) is 9.33. The summed E-state index contributed by atoms with van der Waals surface area (Å²) in [5.41, 5.74) is -2.15. The number of aliphatic hydroxyl groups is 1. The highest BCUT2D eigenvalue weighted by atomic mass is 19.4. The van der Waals surface area contributed by atoms with E-state index in [0.717, 1.165) is 0 Å². The highest BCUT2D eigenvalue weighted by Crippen LogP contribution is 2.35. The maximum atomic E-state index is 12.7. The first-order chi connectivity index (χ1) is 16.1. The minimum absolute atomic E-state index is 0.0624. The zero-order chi connectivity index (χ0) is 28.5. The van der Waals surface area contributed by atoms with Gasteiger partial charge in [-0.25, -0.2) is 4.79 Å². The number of aliphatic hydroxyl groups excluding tert-OH is 1. The Hall–Kier alpha value is -2.26. The van der Waals surface area contributed by atoms with E-state index in [2.05, 4.69) is 27.3 Å². The standard InChI is InChI=1S/C21H35F6N3O6/c1-12(29-17(33)36-18(2,3)4)28-10-8-9-13(30-16(32)19(5,6)34-7)14(31)11-35-15(20(22,23)24)21(25,26)27/h13-15,28,31H,1,8-11H2,2-7H3,(H,29,33)(H,30,32)/t13-,14?/m0/s1. The van der Waals surface area contributed by atoms with Crippen LogP contribution in [0, 0.1) is 0 Å². The summed E-state index contributed by atoms with van der Waals surface area (Å²) in [7, 11) is 1.22. The van der Waals surface area contributed by atoms with E-state index in [1.807, 2.05) is 0 Å². The molecule has 9 nitrogen and oxygen atoms in total. The lowest BCUT2D eigenvalue weighted by molar-refractivity contribution is -0.325. The smallest absolute Gasteiger partial charge is 0.423 e. The van der Waals surface area contributed by atoms with Crippen molar-refractivity contribution in [3.8, 4) is 0 Å². The number of alkyl carbamates (subject to hydrolysis) is 1. The molecule has 36 heavy (non-hydrogen) atoms. The Morgan fingerprint density at radius 1 is 1.00 bits per heavy atom. The van der Waals surface area contributed by atoms with Crippen LogP contribution in [0.4, 0.5) is 31.1 Å². The van der Waals surface area contributed by atoms with Crippen LogP contribution >= 0.6 is 0 Å². The number of methoxy groups -OCH3 is 1. The highest BCUT2D eigenvalue weighted by Gasteiger charge is 2.58. The Balaban J connectivity index is 5.14. The minimum Gasteiger partial charge on any atom is -0.444 e. The summed E-state index contributed by atoms with van der Waals surface area (Å²) in [6.07, 6.45) is -18.2. The molecule has 0 aromatic rings. The first-order valence-electron chi connectivity index (χ1n) is 10.8. The number of nitrogens with one attached hydrogen (secondary N) is 3. The lowest BCUT2D eigenvalue weighted by atomic mass is 10.0. The monoisotopic (exact) mass is 539 g/mol. The number of hydrogen-bond donors (Lipinski definition) is 4. The summed E-state index contributed by atoms with van der Waals surface area (Å²) < 4.78 is 90.3. The molecule has 2 amide bonds. The van der Waals surface area contributed by atoms with Crippen molar-refractivity contribution in [2.75, 3.05) is 20.3 Å². The van der Waals surface area contributed by atoms with Gasteiger partial charge in [0.25, 0.3) is 5.91 Å². The van der Waals surface area contributed by atoms with E-state index in [0.29, 0.717) is 0 Å². The lowest BCUT2D eigenvalue weighted by Crippen LogP contribution is -2.53. The molecule has 0 aliphatic heterocycles. The van der Waals surface area contributed by atoms with E-state index in [1.54, 1.807) is 20.8 Å². The molecule has 2 atom stereocenters. The predicted molar refractivity (Wildman–Crippen MR) is 117 cm³/mol. The van der Waals surface area contributed by atoms with E-state index in [-0.39, 0.29) is 25.2 Å². The van der Waals surface area contributed by atoms with Crippen molar-refractivity contribution in [3.05, 3.63) is 12.4 Å². The van der Waals surface area contributed by atoms with Crippen molar-refractivity contribution in [2.24, 2.45) is 0 Å². The van der Waals surface area contributed by atoms with Crippen LogP contribution in [0.5, 0.6) is 0 Å². The van der Waals surface area contributed by atoms with E-state index >= 15 is 0 Å². The molecule has 0 saturated carbocycles. The summed E-state index contributed by atoms with van der Waals surface area (Å²) in [6, 6.07) is -1.29. The number of amides is 2. The molecule has 0 bridgehead atoms. The largest absolute Gasteiger partial charge is 0.444 e. The molecule has 0 heterocycles. The van der Waals surface area contributed by atoms with Gasteiger partial charge in [0.2, 0.25) is 6.10 Å². The van der Waals surface area contributed by atoms with Gasteiger partial charge in [-0.3, -0.25) is 10.1 Å². The van der Waals surface area contributed by atoms with Gasteiger partial charge in [0.15, 0.2) is 0 Å². The van der Waals surface area contributed by atoms with Crippen molar-refractivity contribution in [1.82, 2.24) is 16.0 Å². The first kappa shape index (κ1) is 33.7. The van der Waals surface area contributed by atoms with Crippen LogP contribution in [-0.4, -0.2) is 79.2 Å². The predicted octanol–water partition coefficient (Wildman–Crippen LogP) is 3.13. The van der Waals surface area contributed by atoms with Crippen LogP contribution in [0.2, 0.25) is 0 Å². The number of halogens is 6. The molecule has 15 heteroatoms. The number of alkyl halides is 6. The summed E-state index contributed by atoms with van der Waals surface area (Å²) in [4.78, 5) is 24.1. The lowest BCUT2D eigenvalue weighted by Gasteiger charge is -2.30. The van der Waals surface area contributed by atoms with E-state index in [1.165, 1.54) is 21.0 Å². The van der Waals surface area contributed by atoms with Gasteiger partial charge in [0.1, 0.15) is 17.0 Å². The molecule has 0 aliphatic rings. The second kappa shape index (κ2) is 13.3. The summed E-state index contributed by atoms with van der Waals surface area (Å²) in [5.74, 6) is -0.700. The fraction of sp³-hybridized carbons (Fsp3) is 0.810. The average molecular weight is 540 g/mol. The van der Waals surface area contributed by atoms with Crippen LogP contribution in [-0.2, 0) is 19.0 Å². The minimum atomic E-state index is -5.75. The maximum Gasteiger partial charge on any atom is 0.423 e. The van der Waals surface area contributed by atoms with E-state index in [9.17, 15) is 41.0 Å². The van der Waals surface area contributed by atoms with E-state index in [4.69, 9.17) is 9.47 Å². The molecule has 0 saturated heterocycles. The maximum absolute atomic E-state index is 12.7. The molecule has 4 N–H and O–H groups in total. The Bertz CT molecular complexity index is 723. The van der Waals surface area contributed by atoms with Gasteiger partial charge in [-0.2, -0.15) is 26.3 Å². The Kier molecular flexibility index (Phi) is 12.5. The number of ether oxygens (including phenoxy) is 3. The Morgan fingerprint density at radius 2 is 1.53 bits per heavy atom. The summed E-state index contributed by atoms with van der Waals surface area (Å²) in [5, 5.41) is 17.7. The molecule has 212 valence electrons. The van der Waals surface area contributed by atoms with Crippen molar-refractivity contribution in [1.29, 1.82) is 0 Å². The number of carbonyl (C=O) groups is 2. The fourth-order valence-corrected chi connectivity index (χ4v) is 2.51. The summed E-state index contributed by atoms with van der Waals surface area (Å²) >= 11 is 0. The van der Waals surface area contributed by atoms with Crippen LogP contribution in [0.25, 0.3) is 0 Å². The third kappa shape index (κ3) is 13.2. The van der Waals surface area contributed by atoms with Gasteiger partial charge in [-0.05, 0) is 47.5 Å². The zero-order valence-electron chi connectivity index (χ0n) is 21.0. The molecule has 1 unspecified atom stereocenters. The van der Waals surface area contributed by atoms with Gasteiger partial charge in [0, 0.05) is 13.7 Å². The van der Waals surface area contributed by atoms with Crippen molar-refractivity contribution >= 4 is 12.0 Å². The number of rotatable bonds is 13. The molecule has 0 radical (unpaired) electrons. The molecule has 0 fully saturated rings. The van der Waals surface area contributed by atoms with Crippen molar-refractivity contribution in [3.63, 3.8) is 0 Å². The Labute approximate surface area is 205 Å². The normalized spacial score (nSPS) is 14.7. The van der Waals surface area contributed by atoms with Crippen molar-refractivity contribution < 1.29 is 55.2 Å². The topological polar surface area (TPSA) is 118 Å². The Morgan fingerprint density at radius 3 is 1.97 bits per heavy atom. The number of carbonyl (C=O) groups excluding carboxylic acids is 2. The molecule has 0 spiro atoms. The SMILES string of the molecule is C=C(NCCC[C@H](NC(=O)C(C)(C)OC)C(O)COC(C(F)(F)F)C(F)(F)F)NC(=O)OC(C)(C)C. The third-order valence-corrected chi connectivity index (χ3v) is 4.55. The van der Waals surface area contributed by atoms with Crippen molar-refractivity contribution in [2.45, 2.75) is 89.3 Å². The quantitative estimate of drug-likeness (QED) is 0.210. The number of hydrogen-bond acceptors (Lipinski definition) is 7. The first-order valence-corrected chi connectivity index (χ1v) is 10.8. The molecular formula is C21H35F6N3O6. The van der Waals surface area contributed by atoms with Gasteiger partial charge < -0.3 is 30.0 Å². The summed E-state index contributed by atoms with van der Waals surface area (Å²) in [6.45, 7) is 10.0. The van der Waals surface area contributed by atoms with Gasteiger partial charge in [-0.1, -0.05) is 6.58 Å². The fourth-order valence-electron chi connectivity index (χ4n) is 2.51. The van der Waals surface area contributed by atoms with E-state index < -0.39 is 60.4 Å². The van der Waals surface area contributed by atoms with Crippen LogP contribution < -0.4 is 16.0 Å². The van der Waals surface area contributed by atoms with Gasteiger partial charge in [-0.15, -0.1) is 0 Å². The van der Waals surface area contributed by atoms with Crippen LogP contribution in [0.15, 0.2) is 12.4 Å². The second-order valence-corrected chi connectivity index (χ2v) is 9.33. The third-order valence-electron chi connectivity index (χ3n) is 4.55. The van der Waals surface area contributed by atoms with Gasteiger partial charge >= 0.3 is 18.4 Å². The van der Waals surface area contributed by atoms with Gasteiger partial charge in [0.05, 0.1) is 18.8 Å². The molecular weight excluding hydrogens is 504 g/mol. The highest BCUT2D eigenvalue weighted by molar-refractivity contribution is 5.84. The molecule has 0 rings (SSSR count). The average Bonchev–Trinajstić information content (AvgIpc) is 2.66. The van der Waals surface area contributed by atoms with Crippen LogP contribution in [0.1, 0.15) is 47.5 Å². The molecule has 0 aromatic carbocycles. The molecule has 0 aromatic heterocycles. The van der Waals surface area contributed by atoms with Crippen LogP contribution in [0.3, 0.4) is 0 Å². The zero-order valence-corrected chi connectivity index (χ0v) is 21.0.